The number of aromatic nitrogens is 1. The Hall–Kier alpha value is -1.97. The van der Waals surface area contributed by atoms with Gasteiger partial charge in [0.25, 0.3) is 0 Å². The molecule has 0 aliphatic rings. The molecular weight excluding hydrogens is 192 g/mol. The largest absolute Gasteiger partial charge is 0.478 e. The Morgan fingerprint density at radius 1 is 1.53 bits per heavy atom. The Kier molecular flexibility index (Phi) is 2.33. The van der Waals surface area contributed by atoms with Gasteiger partial charge in [0.15, 0.2) is 0 Å². The average Bonchev–Trinajstić information content (AvgIpc) is 2.64. The number of hydrogen-bond acceptors (Lipinski definition) is 2. The lowest BCUT2D eigenvalue weighted by Crippen LogP contribution is -2.01. The molecule has 15 heavy (non-hydrogen) atoms. The SMILES string of the molecule is CCNc1cc(C(=O)O)c2cc[nH]c2c1. The molecule has 1 heterocycles. The first-order valence-electron chi connectivity index (χ1n) is 4.80. The van der Waals surface area contributed by atoms with Crippen LogP contribution >= 0.6 is 0 Å². The maximum Gasteiger partial charge on any atom is 0.336 e. The summed E-state index contributed by atoms with van der Waals surface area (Å²) in [6.07, 6.45) is 1.74. The molecule has 0 amide bonds. The molecule has 0 saturated heterocycles. The maximum absolute atomic E-state index is 11.0. The lowest BCUT2D eigenvalue weighted by Gasteiger charge is -2.05. The van der Waals surface area contributed by atoms with Gasteiger partial charge >= 0.3 is 5.97 Å². The number of hydrogen-bond donors (Lipinski definition) is 3. The monoisotopic (exact) mass is 204 g/mol. The Morgan fingerprint density at radius 3 is 3.00 bits per heavy atom. The van der Waals surface area contributed by atoms with E-state index in [9.17, 15) is 4.79 Å². The van der Waals surface area contributed by atoms with E-state index in [1.54, 1.807) is 18.3 Å². The van der Waals surface area contributed by atoms with Crippen molar-refractivity contribution in [3.05, 3.63) is 30.0 Å². The van der Waals surface area contributed by atoms with Crippen molar-refractivity contribution in [2.45, 2.75) is 6.92 Å². The molecule has 1 aromatic heterocycles. The van der Waals surface area contributed by atoms with Gasteiger partial charge in [0.2, 0.25) is 0 Å². The average molecular weight is 204 g/mol. The number of benzene rings is 1. The van der Waals surface area contributed by atoms with E-state index in [1.807, 2.05) is 13.0 Å². The van der Waals surface area contributed by atoms with Crippen molar-refractivity contribution in [2.75, 3.05) is 11.9 Å². The predicted octanol–water partition coefficient (Wildman–Crippen LogP) is 2.30. The van der Waals surface area contributed by atoms with Crippen LogP contribution in [0.3, 0.4) is 0 Å². The van der Waals surface area contributed by atoms with E-state index in [1.165, 1.54) is 0 Å². The Bertz CT molecular complexity index is 502. The van der Waals surface area contributed by atoms with E-state index >= 15 is 0 Å². The van der Waals surface area contributed by atoms with Gasteiger partial charge in [0, 0.05) is 29.3 Å². The molecule has 4 heteroatoms. The molecule has 2 rings (SSSR count). The number of aromatic carboxylic acids is 1. The van der Waals surface area contributed by atoms with Crippen LogP contribution in [0.25, 0.3) is 10.9 Å². The third kappa shape index (κ3) is 1.66. The first-order chi connectivity index (χ1) is 7.22. The number of H-pyrrole nitrogens is 1. The second-order valence-electron chi connectivity index (χ2n) is 3.30. The molecule has 0 fully saturated rings. The van der Waals surface area contributed by atoms with Crippen molar-refractivity contribution in [2.24, 2.45) is 0 Å². The highest BCUT2D eigenvalue weighted by atomic mass is 16.4. The number of aromatic amines is 1. The van der Waals surface area contributed by atoms with Crippen LogP contribution in [0.1, 0.15) is 17.3 Å². The molecule has 4 nitrogen and oxygen atoms in total. The van der Waals surface area contributed by atoms with E-state index in [0.717, 1.165) is 23.1 Å². The number of nitrogens with one attached hydrogen (secondary N) is 2. The number of carbonyl (C=O) groups is 1. The van der Waals surface area contributed by atoms with E-state index in [2.05, 4.69) is 10.3 Å². The summed E-state index contributed by atoms with van der Waals surface area (Å²) < 4.78 is 0. The summed E-state index contributed by atoms with van der Waals surface area (Å²) in [5.41, 5.74) is 1.99. The zero-order valence-corrected chi connectivity index (χ0v) is 8.37. The molecule has 0 aliphatic heterocycles. The lowest BCUT2D eigenvalue weighted by molar-refractivity contribution is 0.0699. The molecule has 3 N–H and O–H groups in total. The molecule has 78 valence electrons. The van der Waals surface area contributed by atoms with Crippen LogP contribution in [0.2, 0.25) is 0 Å². The van der Waals surface area contributed by atoms with E-state index in [4.69, 9.17) is 5.11 Å². The van der Waals surface area contributed by atoms with Gasteiger partial charge in [-0.25, -0.2) is 4.79 Å². The number of fused-ring (bicyclic) bond motifs is 1. The van der Waals surface area contributed by atoms with Crippen molar-refractivity contribution < 1.29 is 9.90 Å². The van der Waals surface area contributed by atoms with Crippen molar-refractivity contribution >= 4 is 22.6 Å². The van der Waals surface area contributed by atoms with Crippen molar-refractivity contribution in [1.29, 1.82) is 0 Å². The fourth-order valence-corrected chi connectivity index (χ4v) is 1.65. The highest BCUT2D eigenvalue weighted by Crippen LogP contribution is 2.23. The van der Waals surface area contributed by atoms with E-state index in [-0.39, 0.29) is 0 Å². The second-order valence-corrected chi connectivity index (χ2v) is 3.30. The van der Waals surface area contributed by atoms with Crippen LogP contribution in [0.5, 0.6) is 0 Å². The summed E-state index contributed by atoms with van der Waals surface area (Å²) in [5, 5.41) is 12.9. The summed E-state index contributed by atoms with van der Waals surface area (Å²) in [5.74, 6) is -0.903. The molecule has 0 atom stereocenters. The van der Waals surface area contributed by atoms with Crippen LogP contribution < -0.4 is 5.32 Å². The van der Waals surface area contributed by atoms with Gasteiger partial charge in [0.05, 0.1) is 5.56 Å². The van der Waals surface area contributed by atoms with Crippen molar-refractivity contribution in [3.63, 3.8) is 0 Å². The van der Waals surface area contributed by atoms with Gasteiger partial charge in [-0.05, 0) is 25.1 Å². The van der Waals surface area contributed by atoms with Crippen LogP contribution in [-0.4, -0.2) is 22.6 Å². The maximum atomic E-state index is 11.0. The summed E-state index contributed by atoms with van der Waals surface area (Å²) in [6, 6.07) is 5.34. The molecule has 0 saturated carbocycles. The van der Waals surface area contributed by atoms with Gasteiger partial charge in [-0.3, -0.25) is 0 Å². The molecular formula is C11H12N2O2. The number of rotatable bonds is 3. The summed E-state index contributed by atoms with van der Waals surface area (Å²) in [6.45, 7) is 2.74. The Morgan fingerprint density at radius 2 is 2.33 bits per heavy atom. The molecule has 0 spiro atoms. The summed E-state index contributed by atoms with van der Waals surface area (Å²) in [7, 11) is 0. The number of carboxylic acids is 1. The van der Waals surface area contributed by atoms with Gasteiger partial charge in [0.1, 0.15) is 0 Å². The zero-order chi connectivity index (χ0) is 10.8. The normalized spacial score (nSPS) is 10.5. The van der Waals surface area contributed by atoms with Crippen LogP contribution in [0.4, 0.5) is 5.69 Å². The molecule has 0 radical (unpaired) electrons. The standard InChI is InChI=1S/C11H12N2O2/c1-2-12-7-5-9(11(14)15)8-3-4-13-10(8)6-7/h3-6,12-13H,2H2,1H3,(H,14,15). The van der Waals surface area contributed by atoms with Crippen LogP contribution in [-0.2, 0) is 0 Å². The zero-order valence-electron chi connectivity index (χ0n) is 8.37. The third-order valence-electron chi connectivity index (χ3n) is 2.28. The minimum atomic E-state index is -0.903. The van der Waals surface area contributed by atoms with E-state index in [0.29, 0.717) is 5.56 Å². The first-order valence-corrected chi connectivity index (χ1v) is 4.80. The Balaban J connectivity index is 2.63. The fourth-order valence-electron chi connectivity index (χ4n) is 1.65. The van der Waals surface area contributed by atoms with Crippen molar-refractivity contribution in [3.8, 4) is 0 Å². The van der Waals surface area contributed by atoms with Crippen molar-refractivity contribution in [1.82, 2.24) is 4.98 Å². The smallest absolute Gasteiger partial charge is 0.336 e. The van der Waals surface area contributed by atoms with Crippen LogP contribution in [0.15, 0.2) is 24.4 Å². The number of anilines is 1. The van der Waals surface area contributed by atoms with E-state index < -0.39 is 5.97 Å². The fraction of sp³-hybridized carbons (Fsp3) is 0.182. The highest BCUT2D eigenvalue weighted by molar-refractivity contribution is 6.04. The lowest BCUT2D eigenvalue weighted by atomic mass is 10.1. The predicted molar refractivity (Wildman–Crippen MR) is 59.4 cm³/mol. The van der Waals surface area contributed by atoms with Gasteiger partial charge < -0.3 is 15.4 Å². The molecule has 0 aliphatic carbocycles. The molecule has 0 unspecified atom stereocenters. The van der Waals surface area contributed by atoms with Gasteiger partial charge in [-0.2, -0.15) is 0 Å². The minimum absolute atomic E-state index is 0.324. The first kappa shape index (κ1) is 9.58. The second kappa shape index (κ2) is 3.65. The highest BCUT2D eigenvalue weighted by Gasteiger charge is 2.10. The topological polar surface area (TPSA) is 65.1 Å². The molecule has 2 aromatic rings. The molecule has 1 aromatic carbocycles. The molecule has 0 bridgehead atoms. The summed E-state index contributed by atoms with van der Waals surface area (Å²) in [4.78, 5) is 14.0. The number of carboxylic acid groups (broad SMARTS) is 1. The third-order valence-corrected chi connectivity index (χ3v) is 2.28. The van der Waals surface area contributed by atoms with Gasteiger partial charge in [-0.15, -0.1) is 0 Å². The Labute approximate surface area is 86.9 Å². The van der Waals surface area contributed by atoms with Crippen LogP contribution in [0, 0.1) is 0 Å². The van der Waals surface area contributed by atoms with Gasteiger partial charge in [-0.1, -0.05) is 0 Å². The quantitative estimate of drug-likeness (QED) is 0.718. The minimum Gasteiger partial charge on any atom is -0.478 e. The summed E-state index contributed by atoms with van der Waals surface area (Å²) >= 11 is 0.